The van der Waals surface area contributed by atoms with Gasteiger partial charge in [-0.1, -0.05) is 18.7 Å². The minimum atomic E-state index is -1.00. The van der Waals surface area contributed by atoms with Gasteiger partial charge in [0.2, 0.25) is 0 Å². The van der Waals surface area contributed by atoms with E-state index >= 15 is 0 Å². The van der Waals surface area contributed by atoms with E-state index in [-0.39, 0.29) is 11.3 Å². The van der Waals surface area contributed by atoms with Crippen LogP contribution in [0.1, 0.15) is 34.6 Å². The van der Waals surface area contributed by atoms with Crippen LogP contribution < -0.4 is 0 Å². The van der Waals surface area contributed by atoms with Gasteiger partial charge in [-0.05, 0) is 24.6 Å². The van der Waals surface area contributed by atoms with Crippen molar-refractivity contribution in [2.24, 2.45) is 0 Å². The molecule has 0 fully saturated rings. The van der Waals surface area contributed by atoms with Gasteiger partial charge in [-0.2, -0.15) is 0 Å². The molecule has 0 aliphatic heterocycles. The van der Waals surface area contributed by atoms with Gasteiger partial charge < -0.3 is 10.2 Å². The average Bonchev–Trinajstić information content (AvgIpc) is 2.27. The van der Waals surface area contributed by atoms with Crippen molar-refractivity contribution < 1.29 is 24.6 Å². The SMILES string of the molecule is C=C(C)C(=O)c1ccc(C(=O)O)cc1.CC(=O)O. The first kappa shape index (κ1) is 15.6. The number of benzene rings is 1. The van der Waals surface area contributed by atoms with Crippen LogP contribution in [0.2, 0.25) is 0 Å². The van der Waals surface area contributed by atoms with Gasteiger partial charge in [-0.3, -0.25) is 9.59 Å². The van der Waals surface area contributed by atoms with Crippen molar-refractivity contribution in [2.75, 3.05) is 0 Å². The second kappa shape index (κ2) is 7.01. The Labute approximate surface area is 104 Å². The minimum Gasteiger partial charge on any atom is -0.481 e. The van der Waals surface area contributed by atoms with Crippen LogP contribution in [0.15, 0.2) is 36.4 Å². The number of hydrogen-bond donors (Lipinski definition) is 2. The summed E-state index contributed by atoms with van der Waals surface area (Å²) in [4.78, 5) is 30.9. The number of carboxylic acids is 2. The Kier molecular flexibility index (Phi) is 6.06. The number of carboxylic acid groups (broad SMARTS) is 2. The van der Waals surface area contributed by atoms with E-state index in [0.29, 0.717) is 11.1 Å². The van der Waals surface area contributed by atoms with Gasteiger partial charge in [0.25, 0.3) is 5.97 Å². The summed E-state index contributed by atoms with van der Waals surface area (Å²) in [6, 6.07) is 5.78. The van der Waals surface area contributed by atoms with E-state index in [2.05, 4.69) is 6.58 Å². The molecule has 0 amide bonds. The molecule has 1 aromatic rings. The van der Waals surface area contributed by atoms with E-state index in [9.17, 15) is 9.59 Å². The van der Waals surface area contributed by atoms with Crippen LogP contribution in [0.5, 0.6) is 0 Å². The zero-order valence-electron chi connectivity index (χ0n) is 10.1. The van der Waals surface area contributed by atoms with Crippen molar-refractivity contribution in [3.8, 4) is 0 Å². The monoisotopic (exact) mass is 250 g/mol. The number of aliphatic carboxylic acids is 1. The molecule has 5 heteroatoms. The Bertz CT molecular complexity index is 467. The average molecular weight is 250 g/mol. The van der Waals surface area contributed by atoms with Gasteiger partial charge in [0.1, 0.15) is 0 Å². The number of carbonyl (C=O) groups excluding carboxylic acids is 1. The van der Waals surface area contributed by atoms with Crippen LogP contribution in [0, 0.1) is 0 Å². The predicted octanol–water partition coefficient (Wildman–Crippen LogP) is 2.23. The highest BCUT2D eigenvalue weighted by atomic mass is 16.4. The lowest BCUT2D eigenvalue weighted by atomic mass is 10.0. The maximum Gasteiger partial charge on any atom is 0.335 e. The van der Waals surface area contributed by atoms with E-state index in [1.165, 1.54) is 24.3 Å². The first-order valence-corrected chi connectivity index (χ1v) is 4.98. The van der Waals surface area contributed by atoms with Crippen LogP contribution in [0.3, 0.4) is 0 Å². The van der Waals surface area contributed by atoms with Crippen LogP contribution in [0.25, 0.3) is 0 Å². The molecule has 1 aromatic carbocycles. The van der Waals surface area contributed by atoms with Crippen molar-refractivity contribution in [3.63, 3.8) is 0 Å². The molecule has 0 unspecified atom stereocenters. The zero-order chi connectivity index (χ0) is 14.3. The fraction of sp³-hybridized carbons (Fsp3) is 0.154. The van der Waals surface area contributed by atoms with Crippen molar-refractivity contribution in [3.05, 3.63) is 47.5 Å². The molecule has 0 aliphatic rings. The molecule has 5 nitrogen and oxygen atoms in total. The van der Waals surface area contributed by atoms with E-state index in [1.807, 2.05) is 0 Å². The third-order valence-electron chi connectivity index (χ3n) is 1.78. The molecule has 0 spiro atoms. The first-order chi connectivity index (χ1) is 8.25. The van der Waals surface area contributed by atoms with Crippen molar-refractivity contribution >= 4 is 17.7 Å². The van der Waals surface area contributed by atoms with Crippen molar-refractivity contribution in [2.45, 2.75) is 13.8 Å². The summed E-state index contributed by atoms with van der Waals surface area (Å²) in [7, 11) is 0. The highest BCUT2D eigenvalue weighted by Crippen LogP contribution is 2.08. The van der Waals surface area contributed by atoms with Crippen molar-refractivity contribution in [1.29, 1.82) is 0 Å². The van der Waals surface area contributed by atoms with Crippen LogP contribution in [-0.4, -0.2) is 27.9 Å². The molecular weight excluding hydrogens is 236 g/mol. The smallest absolute Gasteiger partial charge is 0.335 e. The van der Waals surface area contributed by atoms with Gasteiger partial charge in [0.15, 0.2) is 5.78 Å². The number of carbonyl (C=O) groups is 3. The Morgan fingerprint density at radius 2 is 1.28 bits per heavy atom. The third kappa shape index (κ3) is 5.60. The highest BCUT2D eigenvalue weighted by Gasteiger charge is 2.07. The van der Waals surface area contributed by atoms with Gasteiger partial charge >= 0.3 is 5.97 Å². The molecule has 0 saturated heterocycles. The molecule has 0 aromatic heterocycles. The second-order valence-corrected chi connectivity index (χ2v) is 3.51. The molecule has 0 atom stereocenters. The van der Waals surface area contributed by atoms with Crippen molar-refractivity contribution in [1.82, 2.24) is 0 Å². The summed E-state index contributed by atoms with van der Waals surface area (Å²) < 4.78 is 0. The summed E-state index contributed by atoms with van der Waals surface area (Å²) in [5.41, 5.74) is 1.07. The first-order valence-electron chi connectivity index (χ1n) is 4.98. The Morgan fingerprint density at radius 3 is 1.56 bits per heavy atom. The Hall–Kier alpha value is -2.43. The fourth-order valence-corrected chi connectivity index (χ4v) is 1.01. The number of Topliss-reactive ketones (excluding diaryl/α,β-unsaturated/α-hetero) is 1. The molecule has 96 valence electrons. The second-order valence-electron chi connectivity index (χ2n) is 3.51. The maximum absolute atomic E-state index is 11.4. The lowest BCUT2D eigenvalue weighted by Crippen LogP contribution is -2.01. The molecular formula is C13H14O5. The normalized spacial score (nSPS) is 8.78. The molecule has 0 aliphatic carbocycles. The summed E-state index contributed by atoms with van der Waals surface area (Å²) in [5.74, 6) is -2.00. The van der Waals surface area contributed by atoms with Gasteiger partial charge in [-0.25, -0.2) is 4.79 Å². The number of hydrogen-bond acceptors (Lipinski definition) is 3. The van der Waals surface area contributed by atoms with Gasteiger partial charge in [-0.15, -0.1) is 0 Å². The number of aromatic carboxylic acids is 1. The molecule has 1 rings (SSSR count). The Morgan fingerprint density at radius 1 is 0.944 bits per heavy atom. The van der Waals surface area contributed by atoms with Crippen LogP contribution >= 0.6 is 0 Å². The zero-order valence-corrected chi connectivity index (χ0v) is 10.1. The van der Waals surface area contributed by atoms with Crippen LogP contribution in [-0.2, 0) is 4.79 Å². The van der Waals surface area contributed by atoms with Gasteiger partial charge in [0, 0.05) is 12.5 Å². The maximum atomic E-state index is 11.4. The fourth-order valence-electron chi connectivity index (χ4n) is 1.01. The van der Waals surface area contributed by atoms with E-state index in [0.717, 1.165) is 6.92 Å². The van der Waals surface area contributed by atoms with Crippen LogP contribution in [0.4, 0.5) is 0 Å². The topological polar surface area (TPSA) is 91.7 Å². The number of allylic oxidation sites excluding steroid dienone is 1. The summed E-state index contributed by atoms with van der Waals surface area (Å²) in [5, 5.41) is 16.0. The quantitative estimate of drug-likeness (QED) is 0.634. The molecule has 0 saturated carbocycles. The van der Waals surface area contributed by atoms with E-state index < -0.39 is 11.9 Å². The highest BCUT2D eigenvalue weighted by molar-refractivity contribution is 6.08. The van der Waals surface area contributed by atoms with Gasteiger partial charge in [0.05, 0.1) is 5.56 Å². The van der Waals surface area contributed by atoms with E-state index in [4.69, 9.17) is 15.0 Å². The molecule has 0 bridgehead atoms. The largest absolute Gasteiger partial charge is 0.481 e. The molecule has 2 N–H and O–H groups in total. The van der Waals surface area contributed by atoms with E-state index in [1.54, 1.807) is 6.92 Å². The molecule has 0 heterocycles. The summed E-state index contributed by atoms with van der Waals surface area (Å²) in [6.45, 7) is 6.22. The lowest BCUT2D eigenvalue weighted by molar-refractivity contribution is -0.134. The minimum absolute atomic E-state index is 0.165. The number of ketones is 1. The predicted molar refractivity (Wildman–Crippen MR) is 65.9 cm³/mol. The Balaban J connectivity index is 0.000000631. The summed E-state index contributed by atoms with van der Waals surface area (Å²) >= 11 is 0. The standard InChI is InChI=1S/C11H10O3.C2H4O2/c1-7(2)10(12)8-3-5-9(6-4-8)11(13)14;1-2(3)4/h3-6H,1H2,2H3,(H,13,14);1H3,(H,3,4). The lowest BCUT2D eigenvalue weighted by Gasteiger charge is -1.99. The molecule has 0 radical (unpaired) electrons. The number of rotatable bonds is 3. The molecule has 18 heavy (non-hydrogen) atoms. The third-order valence-corrected chi connectivity index (χ3v) is 1.78. The summed E-state index contributed by atoms with van der Waals surface area (Å²) in [6.07, 6.45) is 0.